The maximum atomic E-state index is 10.9. The smallest absolute Gasteiger partial charge is 0.239 e. The van der Waals surface area contributed by atoms with Gasteiger partial charge in [0.1, 0.15) is 11.0 Å². The molecule has 1 amide bonds. The Morgan fingerprint density at radius 2 is 2.12 bits per heavy atom. The van der Waals surface area contributed by atoms with Crippen LogP contribution in [0, 0.1) is 0 Å². The predicted molar refractivity (Wildman–Crippen MR) is 69.6 cm³/mol. The molecular weight excluding hydrogens is 246 g/mol. The SMILES string of the molecule is CC(Nc1cccc(Cl)c1C(N)=S)C(N)=O. The predicted octanol–water partition coefficient (Wildman–Crippen LogP) is 1.26. The highest BCUT2D eigenvalue weighted by molar-refractivity contribution is 7.80. The molecule has 0 aliphatic carbocycles. The van der Waals surface area contributed by atoms with Gasteiger partial charge in [0.25, 0.3) is 0 Å². The first-order valence-electron chi connectivity index (χ1n) is 4.57. The van der Waals surface area contributed by atoms with E-state index >= 15 is 0 Å². The lowest BCUT2D eigenvalue weighted by Gasteiger charge is -2.15. The van der Waals surface area contributed by atoms with Gasteiger partial charge in [-0.25, -0.2) is 0 Å². The molecule has 4 nitrogen and oxygen atoms in total. The summed E-state index contributed by atoms with van der Waals surface area (Å²) in [5.74, 6) is -0.464. The summed E-state index contributed by atoms with van der Waals surface area (Å²) in [6, 6.07) is 4.63. The molecular formula is C10H12ClN3OS. The van der Waals surface area contributed by atoms with Crippen LogP contribution >= 0.6 is 23.8 Å². The van der Waals surface area contributed by atoms with Crippen molar-refractivity contribution in [2.45, 2.75) is 13.0 Å². The second-order valence-electron chi connectivity index (χ2n) is 3.30. The van der Waals surface area contributed by atoms with Crippen LogP contribution in [0.3, 0.4) is 0 Å². The fraction of sp³-hybridized carbons (Fsp3) is 0.200. The van der Waals surface area contributed by atoms with Crippen LogP contribution in [0.1, 0.15) is 12.5 Å². The van der Waals surface area contributed by atoms with Crippen molar-refractivity contribution in [3.05, 3.63) is 28.8 Å². The third-order valence-electron chi connectivity index (χ3n) is 2.06. The second kappa shape index (κ2) is 5.14. The number of primary amides is 1. The Balaban J connectivity index is 3.09. The summed E-state index contributed by atoms with van der Waals surface area (Å²) in [6.07, 6.45) is 0. The van der Waals surface area contributed by atoms with Gasteiger partial charge in [0, 0.05) is 5.69 Å². The zero-order valence-corrected chi connectivity index (χ0v) is 10.2. The molecule has 16 heavy (non-hydrogen) atoms. The molecule has 0 bridgehead atoms. The minimum absolute atomic E-state index is 0.171. The summed E-state index contributed by atoms with van der Waals surface area (Å²) in [6.45, 7) is 1.65. The number of carbonyl (C=O) groups is 1. The molecule has 1 rings (SSSR count). The van der Waals surface area contributed by atoms with Crippen LogP contribution in [-0.4, -0.2) is 16.9 Å². The van der Waals surface area contributed by atoms with Crippen LogP contribution in [0.15, 0.2) is 18.2 Å². The van der Waals surface area contributed by atoms with E-state index in [1.807, 2.05) is 0 Å². The third-order valence-corrected chi connectivity index (χ3v) is 2.58. The Hall–Kier alpha value is -1.33. The molecule has 5 N–H and O–H groups in total. The number of carbonyl (C=O) groups excluding carboxylic acids is 1. The van der Waals surface area contributed by atoms with E-state index in [0.29, 0.717) is 16.3 Å². The summed E-state index contributed by atoms with van der Waals surface area (Å²) in [7, 11) is 0. The van der Waals surface area contributed by atoms with Gasteiger partial charge in [-0.1, -0.05) is 29.9 Å². The van der Waals surface area contributed by atoms with E-state index in [0.717, 1.165) is 0 Å². The minimum atomic E-state index is -0.522. The average molecular weight is 258 g/mol. The summed E-state index contributed by atoms with van der Waals surface area (Å²) < 4.78 is 0. The number of anilines is 1. The van der Waals surface area contributed by atoms with E-state index in [1.54, 1.807) is 25.1 Å². The Kier molecular flexibility index (Phi) is 4.09. The molecule has 1 atom stereocenters. The van der Waals surface area contributed by atoms with E-state index < -0.39 is 11.9 Å². The molecule has 1 aromatic rings. The summed E-state index contributed by atoms with van der Waals surface area (Å²) >= 11 is 10.9. The number of benzene rings is 1. The molecule has 0 saturated heterocycles. The van der Waals surface area contributed by atoms with Crippen molar-refractivity contribution in [3.63, 3.8) is 0 Å². The van der Waals surface area contributed by atoms with E-state index in [-0.39, 0.29) is 4.99 Å². The molecule has 1 aromatic carbocycles. The van der Waals surface area contributed by atoms with Crippen LogP contribution in [0.2, 0.25) is 5.02 Å². The first-order valence-corrected chi connectivity index (χ1v) is 5.36. The van der Waals surface area contributed by atoms with Gasteiger partial charge in [-0.3, -0.25) is 4.79 Å². The van der Waals surface area contributed by atoms with E-state index in [4.69, 9.17) is 35.3 Å². The molecule has 0 fully saturated rings. The summed E-state index contributed by atoms with van der Waals surface area (Å²) in [4.78, 5) is 11.1. The van der Waals surface area contributed by atoms with Gasteiger partial charge in [0.2, 0.25) is 5.91 Å². The van der Waals surface area contributed by atoms with E-state index in [2.05, 4.69) is 5.32 Å². The van der Waals surface area contributed by atoms with Crippen LogP contribution in [0.4, 0.5) is 5.69 Å². The zero-order valence-electron chi connectivity index (χ0n) is 8.66. The van der Waals surface area contributed by atoms with Crippen LogP contribution in [0.5, 0.6) is 0 Å². The van der Waals surface area contributed by atoms with Crippen LogP contribution in [0.25, 0.3) is 0 Å². The Morgan fingerprint density at radius 1 is 1.50 bits per heavy atom. The molecule has 0 saturated carbocycles. The fourth-order valence-electron chi connectivity index (χ4n) is 1.20. The summed E-state index contributed by atoms with van der Waals surface area (Å²) in [5.41, 5.74) is 11.8. The van der Waals surface area contributed by atoms with Crippen molar-refractivity contribution < 1.29 is 4.79 Å². The van der Waals surface area contributed by atoms with Gasteiger partial charge in [-0.15, -0.1) is 0 Å². The number of hydrogen-bond donors (Lipinski definition) is 3. The first kappa shape index (κ1) is 12.7. The highest BCUT2D eigenvalue weighted by Crippen LogP contribution is 2.24. The van der Waals surface area contributed by atoms with Crippen molar-refractivity contribution in [2.24, 2.45) is 11.5 Å². The highest BCUT2D eigenvalue weighted by Gasteiger charge is 2.14. The normalized spacial score (nSPS) is 11.9. The highest BCUT2D eigenvalue weighted by atomic mass is 35.5. The number of nitrogens with two attached hydrogens (primary N) is 2. The lowest BCUT2D eigenvalue weighted by molar-refractivity contribution is -0.118. The van der Waals surface area contributed by atoms with Gasteiger partial charge in [0.05, 0.1) is 10.6 Å². The van der Waals surface area contributed by atoms with Crippen molar-refractivity contribution in [1.29, 1.82) is 0 Å². The van der Waals surface area contributed by atoms with Crippen LogP contribution < -0.4 is 16.8 Å². The van der Waals surface area contributed by atoms with E-state index in [9.17, 15) is 4.79 Å². The lowest BCUT2D eigenvalue weighted by Crippen LogP contribution is -2.33. The topological polar surface area (TPSA) is 81.1 Å². The fourth-order valence-corrected chi connectivity index (χ4v) is 1.75. The lowest BCUT2D eigenvalue weighted by atomic mass is 10.1. The van der Waals surface area contributed by atoms with Crippen molar-refractivity contribution >= 4 is 40.4 Å². The number of thiocarbonyl (C=S) groups is 1. The molecule has 0 aromatic heterocycles. The molecule has 0 radical (unpaired) electrons. The Bertz CT molecular complexity index is 436. The molecule has 0 heterocycles. The zero-order chi connectivity index (χ0) is 12.3. The minimum Gasteiger partial charge on any atom is -0.389 e. The molecule has 1 unspecified atom stereocenters. The second-order valence-corrected chi connectivity index (χ2v) is 4.14. The Labute approximate surface area is 104 Å². The number of amides is 1. The standard InChI is InChI=1S/C10H12ClN3OS/c1-5(9(12)15)14-7-4-2-3-6(11)8(7)10(13)16/h2-5,14H,1H3,(H2,12,15)(H2,13,16). The molecule has 0 spiro atoms. The number of halogens is 1. The molecule has 6 heteroatoms. The van der Waals surface area contributed by atoms with Gasteiger partial charge in [0.15, 0.2) is 0 Å². The number of nitrogens with one attached hydrogen (secondary N) is 1. The molecule has 0 aliphatic heterocycles. The van der Waals surface area contributed by atoms with Gasteiger partial charge in [-0.2, -0.15) is 0 Å². The number of hydrogen-bond acceptors (Lipinski definition) is 3. The quantitative estimate of drug-likeness (QED) is 0.710. The van der Waals surface area contributed by atoms with Crippen molar-refractivity contribution in [3.8, 4) is 0 Å². The largest absolute Gasteiger partial charge is 0.389 e. The van der Waals surface area contributed by atoms with Crippen molar-refractivity contribution in [2.75, 3.05) is 5.32 Å². The summed E-state index contributed by atoms with van der Waals surface area (Å²) in [5, 5.41) is 3.34. The van der Waals surface area contributed by atoms with E-state index in [1.165, 1.54) is 0 Å². The first-order chi connectivity index (χ1) is 7.43. The van der Waals surface area contributed by atoms with Gasteiger partial charge < -0.3 is 16.8 Å². The number of rotatable bonds is 4. The van der Waals surface area contributed by atoms with Crippen LogP contribution in [-0.2, 0) is 4.79 Å². The average Bonchev–Trinajstić information content (AvgIpc) is 2.16. The Morgan fingerprint density at radius 3 is 2.62 bits per heavy atom. The van der Waals surface area contributed by atoms with Crippen molar-refractivity contribution in [1.82, 2.24) is 0 Å². The monoisotopic (exact) mass is 257 g/mol. The maximum Gasteiger partial charge on any atom is 0.239 e. The molecule has 86 valence electrons. The third kappa shape index (κ3) is 2.84. The van der Waals surface area contributed by atoms with Gasteiger partial charge in [-0.05, 0) is 19.1 Å². The molecule has 0 aliphatic rings. The maximum absolute atomic E-state index is 10.9. The van der Waals surface area contributed by atoms with Gasteiger partial charge >= 0.3 is 0 Å².